The Balaban J connectivity index is 1.11. The summed E-state index contributed by atoms with van der Waals surface area (Å²) in [6.07, 6.45) is 0. The molecular weight excluding hydrogens is 764 g/mol. The standard InChI is InChI=1S/C55H41BN2S2/c1-54(2,3)30-18-20-31(21-19-30)57-45-27-43-37(32-12-6-9-15-42(32)55(43,4)5)24-38(45)35-22-23-36-39-25-40-33-13-7-10-16-48(33)60-51(40)29-46(39)58-47-26-41-34-14-8-11-17-49(34)59-50(41)28-44(47)56-52(35)53(36)58/h6-29,56-57H,1-5H3. The largest absolute Gasteiger partial charge is 0.355 e. The predicted octanol–water partition coefficient (Wildman–Crippen LogP) is 14.2. The summed E-state index contributed by atoms with van der Waals surface area (Å²) in [5.74, 6) is 0. The zero-order valence-corrected chi connectivity index (χ0v) is 36.0. The molecule has 0 spiro atoms. The van der Waals surface area contributed by atoms with Gasteiger partial charge in [-0.1, -0.05) is 125 Å². The number of benzene rings is 8. The summed E-state index contributed by atoms with van der Waals surface area (Å²) < 4.78 is 8.00. The lowest BCUT2D eigenvalue weighted by Crippen LogP contribution is -2.37. The van der Waals surface area contributed by atoms with Gasteiger partial charge in [-0.2, -0.15) is 0 Å². The normalized spacial score (nSPS) is 14.0. The average Bonchev–Trinajstić information content (AvgIpc) is 3.96. The first kappa shape index (κ1) is 34.7. The summed E-state index contributed by atoms with van der Waals surface area (Å²) in [5.41, 5.74) is 18.2. The van der Waals surface area contributed by atoms with E-state index in [9.17, 15) is 0 Å². The van der Waals surface area contributed by atoms with E-state index in [0.29, 0.717) is 0 Å². The van der Waals surface area contributed by atoms with Crippen LogP contribution in [-0.4, -0.2) is 11.8 Å². The van der Waals surface area contributed by atoms with E-state index in [2.05, 4.69) is 190 Å². The molecule has 11 aromatic rings. The molecule has 8 aromatic carbocycles. The number of rotatable bonds is 3. The zero-order chi connectivity index (χ0) is 40.2. The van der Waals surface area contributed by atoms with E-state index in [1.807, 2.05) is 22.7 Å². The molecule has 0 bridgehead atoms. The van der Waals surface area contributed by atoms with Crippen molar-refractivity contribution in [2.75, 3.05) is 5.32 Å². The monoisotopic (exact) mass is 804 g/mol. The van der Waals surface area contributed by atoms with E-state index in [1.54, 1.807) is 0 Å². The van der Waals surface area contributed by atoms with Gasteiger partial charge in [-0.25, -0.2) is 0 Å². The van der Waals surface area contributed by atoms with Crippen molar-refractivity contribution in [2.45, 2.75) is 45.4 Å². The second-order valence-corrected chi connectivity index (χ2v) is 20.8. The first-order valence-corrected chi connectivity index (χ1v) is 22.8. The summed E-state index contributed by atoms with van der Waals surface area (Å²) in [5, 5.41) is 12.0. The van der Waals surface area contributed by atoms with Crippen molar-refractivity contribution in [3.05, 3.63) is 162 Å². The number of anilines is 2. The highest BCUT2D eigenvalue weighted by Gasteiger charge is 2.37. The van der Waals surface area contributed by atoms with Gasteiger partial charge in [0.25, 0.3) is 0 Å². The van der Waals surface area contributed by atoms with Gasteiger partial charge in [0.15, 0.2) is 7.28 Å². The van der Waals surface area contributed by atoms with Crippen LogP contribution in [-0.2, 0) is 10.8 Å². The summed E-state index contributed by atoms with van der Waals surface area (Å²) in [7, 11) is 0.860. The number of nitrogens with zero attached hydrogens (tertiary/aromatic N) is 1. The fraction of sp³-hybridized carbons (Fsp3) is 0.127. The minimum absolute atomic E-state index is 0.0868. The zero-order valence-electron chi connectivity index (χ0n) is 34.3. The van der Waals surface area contributed by atoms with E-state index >= 15 is 0 Å². The van der Waals surface area contributed by atoms with Crippen LogP contribution in [0.4, 0.5) is 11.4 Å². The van der Waals surface area contributed by atoms with Gasteiger partial charge in [0.2, 0.25) is 0 Å². The topological polar surface area (TPSA) is 17.0 Å². The molecule has 0 saturated heterocycles. The number of hydrogen-bond donors (Lipinski definition) is 1. The van der Waals surface area contributed by atoms with Gasteiger partial charge in [0.05, 0.1) is 5.52 Å². The molecule has 0 saturated carbocycles. The Bertz CT molecular complexity index is 3670. The van der Waals surface area contributed by atoms with Crippen LogP contribution in [0.2, 0.25) is 0 Å². The second-order valence-electron chi connectivity index (χ2n) is 18.6. The van der Waals surface area contributed by atoms with Gasteiger partial charge >= 0.3 is 0 Å². The molecule has 0 amide bonds. The van der Waals surface area contributed by atoms with Crippen molar-refractivity contribution < 1.29 is 0 Å². The Morgan fingerprint density at radius 3 is 1.97 bits per heavy atom. The van der Waals surface area contributed by atoms with E-state index < -0.39 is 0 Å². The molecule has 13 rings (SSSR count). The molecule has 5 heteroatoms. The number of fused-ring (bicyclic) bond motifs is 14. The van der Waals surface area contributed by atoms with Crippen molar-refractivity contribution in [3.8, 4) is 27.9 Å². The van der Waals surface area contributed by atoms with Crippen molar-refractivity contribution in [3.63, 3.8) is 0 Å². The van der Waals surface area contributed by atoms with E-state index in [1.165, 1.54) is 118 Å². The Hall–Kier alpha value is -6.14. The molecule has 4 heterocycles. The molecule has 1 N–H and O–H groups in total. The van der Waals surface area contributed by atoms with E-state index in [4.69, 9.17) is 0 Å². The number of hydrogen-bond acceptors (Lipinski definition) is 3. The molecule has 2 nitrogen and oxygen atoms in total. The summed E-state index contributed by atoms with van der Waals surface area (Å²) in [6.45, 7) is 11.6. The van der Waals surface area contributed by atoms with Crippen LogP contribution in [0.25, 0.3) is 90.1 Å². The van der Waals surface area contributed by atoms with Crippen LogP contribution in [0.3, 0.4) is 0 Å². The first-order valence-electron chi connectivity index (χ1n) is 21.1. The smallest absolute Gasteiger partial charge is 0.198 e. The van der Waals surface area contributed by atoms with Gasteiger partial charge in [-0.15, -0.1) is 22.7 Å². The Kier molecular flexibility index (Phi) is 6.94. The maximum atomic E-state index is 3.99. The minimum Gasteiger partial charge on any atom is -0.355 e. The third-order valence-corrected chi connectivity index (χ3v) is 16.0. The molecule has 60 heavy (non-hydrogen) atoms. The van der Waals surface area contributed by atoms with Gasteiger partial charge in [0, 0.05) is 84.7 Å². The molecule has 0 atom stereocenters. The molecule has 0 unspecified atom stereocenters. The number of thiophene rings is 2. The molecule has 286 valence electrons. The Morgan fingerprint density at radius 2 is 1.22 bits per heavy atom. The third kappa shape index (κ3) is 4.76. The highest BCUT2D eigenvalue weighted by molar-refractivity contribution is 7.26. The first-order chi connectivity index (χ1) is 29.1. The predicted molar refractivity (Wildman–Crippen MR) is 264 cm³/mol. The van der Waals surface area contributed by atoms with Crippen LogP contribution < -0.4 is 16.2 Å². The highest BCUT2D eigenvalue weighted by atomic mass is 32.1. The van der Waals surface area contributed by atoms with Gasteiger partial charge in [0.1, 0.15) is 0 Å². The highest BCUT2D eigenvalue weighted by Crippen LogP contribution is 2.52. The molecule has 1 aliphatic heterocycles. The van der Waals surface area contributed by atoms with Crippen LogP contribution in [0.1, 0.15) is 51.3 Å². The summed E-state index contributed by atoms with van der Waals surface area (Å²) in [6, 6.07) is 55.7. The number of aromatic nitrogens is 1. The maximum Gasteiger partial charge on any atom is 0.198 e. The van der Waals surface area contributed by atoms with Crippen LogP contribution in [0.5, 0.6) is 0 Å². The Morgan fingerprint density at radius 1 is 0.533 bits per heavy atom. The molecule has 2 aliphatic rings. The SMILES string of the molecule is CC(C)(C)c1ccc(Nc2cc3c(cc2-c2ccc4c5cc6c(cc5n5c4c2Bc2cc4sc7ccccc7c4cc2-5)sc2ccccc26)-c2ccccc2C3(C)C)cc1. The van der Waals surface area contributed by atoms with Gasteiger partial charge in [-0.05, 0) is 105 Å². The van der Waals surface area contributed by atoms with Gasteiger partial charge in [-0.3, -0.25) is 0 Å². The molecule has 3 aromatic heterocycles. The molecule has 0 radical (unpaired) electrons. The fourth-order valence-corrected chi connectivity index (χ4v) is 13.0. The molecule has 0 fully saturated rings. The van der Waals surface area contributed by atoms with E-state index in [-0.39, 0.29) is 10.8 Å². The average molecular weight is 805 g/mol. The van der Waals surface area contributed by atoms with Crippen molar-refractivity contribution in [1.82, 2.24) is 4.57 Å². The van der Waals surface area contributed by atoms with Crippen LogP contribution in [0, 0.1) is 0 Å². The van der Waals surface area contributed by atoms with Crippen molar-refractivity contribution >= 4 is 114 Å². The molecular formula is C55H41BN2S2. The number of nitrogens with one attached hydrogen (secondary N) is 1. The third-order valence-electron chi connectivity index (χ3n) is 13.8. The fourth-order valence-electron chi connectivity index (χ4n) is 10.7. The molecule has 1 aliphatic carbocycles. The second kappa shape index (κ2) is 12.0. The van der Waals surface area contributed by atoms with Crippen LogP contribution in [0.15, 0.2) is 146 Å². The maximum absolute atomic E-state index is 3.99. The quantitative estimate of drug-likeness (QED) is 0.176. The van der Waals surface area contributed by atoms with Gasteiger partial charge < -0.3 is 9.88 Å². The van der Waals surface area contributed by atoms with Crippen molar-refractivity contribution in [1.29, 1.82) is 0 Å². The summed E-state index contributed by atoms with van der Waals surface area (Å²) in [4.78, 5) is 0. The summed E-state index contributed by atoms with van der Waals surface area (Å²) >= 11 is 3.82. The Labute approximate surface area is 358 Å². The van der Waals surface area contributed by atoms with E-state index in [0.717, 1.165) is 18.7 Å². The lowest BCUT2D eigenvalue weighted by atomic mass is 9.59. The minimum atomic E-state index is -0.118. The van der Waals surface area contributed by atoms with Crippen LogP contribution >= 0.6 is 22.7 Å². The lowest BCUT2D eigenvalue weighted by Gasteiger charge is -2.26. The van der Waals surface area contributed by atoms with Crippen molar-refractivity contribution in [2.24, 2.45) is 0 Å². The lowest BCUT2D eigenvalue weighted by molar-refractivity contribution is 0.590.